The lowest BCUT2D eigenvalue weighted by Gasteiger charge is -2.26. The minimum Gasteiger partial charge on any atom is -0.354 e. The van der Waals surface area contributed by atoms with Gasteiger partial charge in [0.2, 0.25) is 15.9 Å². The molecule has 2 amide bonds. The van der Waals surface area contributed by atoms with Gasteiger partial charge in [0.1, 0.15) is 0 Å². The van der Waals surface area contributed by atoms with Crippen LogP contribution in [-0.2, 0) is 14.8 Å². The van der Waals surface area contributed by atoms with Gasteiger partial charge in [0, 0.05) is 43.8 Å². The van der Waals surface area contributed by atoms with Crippen LogP contribution in [0, 0.1) is 0 Å². The lowest BCUT2D eigenvalue weighted by molar-refractivity contribution is -0.122. The number of sulfonamides is 1. The maximum Gasteiger partial charge on any atom is 0.253 e. The molecule has 4 rings (SSSR count). The molecule has 0 aliphatic carbocycles. The van der Waals surface area contributed by atoms with Crippen molar-refractivity contribution in [1.29, 1.82) is 0 Å². The summed E-state index contributed by atoms with van der Waals surface area (Å²) in [5, 5.41) is 6.15. The quantitative estimate of drug-likeness (QED) is 0.741. The van der Waals surface area contributed by atoms with Gasteiger partial charge in [0.05, 0.1) is 11.4 Å². The summed E-state index contributed by atoms with van der Waals surface area (Å²) in [5.41, 5.74) is 0.371. The van der Waals surface area contributed by atoms with Crippen LogP contribution in [0.5, 0.6) is 0 Å². The molecule has 9 heteroatoms. The van der Waals surface area contributed by atoms with E-state index in [4.69, 9.17) is 0 Å². The molecule has 0 saturated carbocycles. The summed E-state index contributed by atoms with van der Waals surface area (Å²) in [6, 6.07) is 6.95. The number of carbonyl (C=O) groups excluding carboxylic acids is 2. The molecule has 3 aliphatic rings. The van der Waals surface area contributed by atoms with Gasteiger partial charge in [-0.25, -0.2) is 8.42 Å². The molecule has 0 spiro atoms. The van der Waals surface area contributed by atoms with Gasteiger partial charge in [-0.2, -0.15) is 4.31 Å². The number of carbonyl (C=O) groups is 2. The fourth-order valence-electron chi connectivity index (χ4n) is 4.07. The van der Waals surface area contributed by atoms with Crippen molar-refractivity contribution in [3.63, 3.8) is 0 Å². The van der Waals surface area contributed by atoms with Gasteiger partial charge >= 0.3 is 0 Å². The van der Waals surface area contributed by atoms with Gasteiger partial charge < -0.3 is 15.5 Å². The smallest absolute Gasteiger partial charge is 0.253 e. The molecule has 1 aromatic rings. The number of benzene rings is 1. The first-order valence-corrected chi connectivity index (χ1v) is 10.8. The molecule has 2 bridgehead atoms. The number of rotatable bonds is 3. The molecule has 3 aliphatic heterocycles. The van der Waals surface area contributed by atoms with E-state index in [9.17, 15) is 18.0 Å². The Morgan fingerprint density at radius 2 is 1.93 bits per heavy atom. The molecule has 0 radical (unpaired) electrons. The van der Waals surface area contributed by atoms with E-state index in [0.717, 1.165) is 23.6 Å². The van der Waals surface area contributed by atoms with Gasteiger partial charge in [-0.05, 0) is 37.5 Å². The summed E-state index contributed by atoms with van der Waals surface area (Å²) in [7, 11) is -3.81. The number of hydrogen-bond acceptors (Lipinski definition) is 5. The summed E-state index contributed by atoms with van der Waals surface area (Å²) >= 11 is 0. The highest BCUT2D eigenvalue weighted by atomic mass is 32.2. The topological polar surface area (TPSA) is 98.8 Å². The van der Waals surface area contributed by atoms with Crippen molar-refractivity contribution in [3.8, 4) is 0 Å². The van der Waals surface area contributed by atoms with Crippen molar-refractivity contribution in [2.75, 3.05) is 32.7 Å². The van der Waals surface area contributed by atoms with E-state index in [1.165, 1.54) is 12.1 Å². The fourth-order valence-corrected chi connectivity index (χ4v) is 5.51. The number of likely N-dealkylation sites (tertiary alicyclic amines) is 1. The first-order valence-electron chi connectivity index (χ1n) is 9.36. The Hall–Kier alpha value is -1.97. The number of nitrogens with one attached hydrogen (secondary N) is 2. The van der Waals surface area contributed by atoms with Crippen molar-refractivity contribution < 1.29 is 18.0 Å². The van der Waals surface area contributed by atoms with Crippen LogP contribution >= 0.6 is 0 Å². The van der Waals surface area contributed by atoms with E-state index in [-0.39, 0.29) is 29.8 Å². The molecule has 2 unspecified atom stereocenters. The largest absolute Gasteiger partial charge is 0.354 e. The molecule has 3 heterocycles. The molecular weight excluding hydrogens is 368 g/mol. The average molecular weight is 392 g/mol. The van der Waals surface area contributed by atoms with Gasteiger partial charge in [-0.3, -0.25) is 9.59 Å². The maximum absolute atomic E-state index is 13.0. The molecule has 0 aromatic heterocycles. The van der Waals surface area contributed by atoms with Crippen LogP contribution < -0.4 is 10.6 Å². The van der Waals surface area contributed by atoms with E-state index in [2.05, 4.69) is 10.6 Å². The average Bonchev–Trinajstić information content (AvgIpc) is 3.00. The lowest BCUT2D eigenvalue weighted by Crippen LogP contribution is -2.49. The Morgan fingerprint density at radius 3 is 2.74 bits per heavy atom. The van der Waals surface area contributed by atoms with Gasteiger partial charge in [-0.1, -0.05) is 6.07 Å². The third-order valence-electron chi connectivity index (χ3n) is 5.53. The van der Waals surface area contributed by atoms with Crippen LogP contribution in [0.4, 0.5) is 0 Å². The first kappa shape index (κ1) is 18.4. The number of piperazine rings is 1. The van der Waals surface area contributed by atoms with Crippen LogP contribution in [0.25, 0.3) is 0 Å². The lowest BCUT2D eigenvalue weighted by atomic mass is 10.1. The fraction of sp³-hybridized carbons (Fsp3) is 0.556. The predicted octanol–water partition coefficient (Wildman–Crippen LogP) is -0.226. The van der Waals surface area contributed by atoms with Crippen molar-refractivity contribution in [2.24, 2.45) is 0 Å². The third kappa shape index (κ3) is 3.71. The van der Waals surface area contributed by atoms with E-state index in [0.29, 0.717) is 37.3 Å². The number of amides is 2. The highest BCUT2D eigenvalue weighted by Gasteiger charge is 2.33. The van der Waals surface area contributed by atoms with Crippen molar-refractivity contribution in [2.45, 2.75) is 36.2 Å². The standard InChI is InChI=1S/C18H24N4O4S/c23-17-12-22(9-7-19-17)27(25,26)16-3-1-2-13(10-16)18(24)21-8-6-14-4-5-15(11-21)20-14/h1-3,10,14-15,20H,4-9,11-12H2,(H,19,23). The second-order valence-electron chi connectivity index (χ2n) is 7.39. The molecule has 1 aromatic carbocycles. The van der Waals surface area contributed by atoms with Crippen molar-refractivity contribution in [3.05, 3.63) is 29.8 Å². The molecule has 146 valence electrons. The minimum absolute atomic E-state index is 0.0533. The van der Waals surface area contributed by atoms with E-state index in [1.807, 2.05) is 4.90 Å². The second-order valence-corrected chi connectivity index (χ2v) is 9.33. The van der Waals surface area contributed by atoms with Gasteiger partial charge in [0.25, 0.3) is 5.91 Å². The molecule has 8 nitrogen and oxygen atoms in total. The van der Waals surface area contributed by atoms with Crippen LogP contribution in [0.1, 0.15) is 29.6 Å². The van der Waals surface area contributed by atoms with E-state index in [1.54, 1.807) is 12.1 Å². The first-order chi connectivity index (χ1) is 12.9. The summed E-state index contributed by atoms with van der Waals surface area (Å²) in [6.07, 6.45) is 3.15. The van der Waals surface area contributed by atoms with Crippen LogP contribution in [-0.4, -0.2) is 74.2 Å². The predicted molar refractivity (Wildman–Crippen MR) is 98.7 cm³/mol. The van der Waals surface area contributed by atoms with Gasteiger partial charge in [0.15, 0.2) is 0 Å². The van der Waals surface area contributed by atoms with Gasteiger partial charge in [-0.15, -0.1) is 0 Å². The van der Waals surface area contributed by atoms with Crippen LogP contribution in [0.3, 0.4) is 0 Å². The summed E-state index contributed by atoms with van der Waals surface area (Å²) in [6.45, 7) is 1.66. The van der Waals surface area contributed by atoms with Crippen molar-refractivity contribution >= 4 is 21.8 Å². The molecular formula is C18H24N4O4S. The zero-order valence-electron chi connectivity index (χ0n) is 15.1. The molecule has 2 atom stereocenters. The van der Waals surface area contributed by atoms with Crippen LogP contribution in [0.15, 0.2) is 29.2 Å². The monoisotopic (exact) mass is 392 g/mol. The highest BCUT2D eigenvalue weighted by molar-refractivity contribution is 7.89. The minimum atomic E-state index is -3.81. The maximum atomic E-state index is 13.0. The zero-order valence-corrected chi connectivity index (χ0v) is 15.9. The summed E-state index contributed by atoms with van der Waals surface area (Å²) in [5.74, 6) is -0.457. The van der Waals surface area contributed by atoms with E-state index >= 15 is 0 Å². The molecule has 3 fully saturated rings. The Morgan fingerprint density at radius 1 is 1.11 bits per heavy atom. The number of fused-ring (bicyclic) bond motifs is 2. The SMILES string of the molecule is O=C1CN(S(=O)(=O)c2cccc(C(=O)N3CCC4CCC(C3)N4)c2)CCN1. The Balaban J connectivity index is 1.55. The number of nitrogens with zero attached hydrogens (tertiary/aromatic N) is 2. The number of hydrogen-bond donors (Lipinski definition) is 2. The van der Waals surface area contributed by atoms with Crippen molar-refractivity contribution in [1.82, 2.24) is 19.8 Å². The summed E-state index contributed by atoms with van der Waals surface area (Å²) in [4.78, 5) is 26.4. The zero-order chi connectivity index (χ0) is 19.0. The Labute approximate surface area is 158 Å². The molecule has 2 N–H and O–H groups in total. The summed E-state index contributed by atoms with van der Waals surface area (Å²) < 4.78 is 26.9. The second kappa shape index (κ2) is 7.21. The Kier molecular flexibility index (Phi) is 4.92. The normalized spacial score (nSPS) is 26.5. The third-order valence-corrected chi connectivity index (χ3v) is 7.37. The van der Waals surface area contributed by atoms with Crippen LogP contribution in [0.2, 0.25) is 0 Å². The van der Waals surface area contributed by atoms with E-state index < -0.39 is 10.0 Å². The molecule has 3 saturated heterocycles. The molecule has 27 heavy (non-hydrogen) atoms. The highest BCUT2D eigenvalue weighted by Crippen LogP contribution is 2.23. The Bertz CT molecular complexity index is 857.